The van der Waals surface area contributed by atoms with Crippen LogP contribution < -0.4 is 10.7 Å². The maximum atomic E-state index is 13.4. The van der Waals surface area contributed by atoms with Crippen LogP contribution in [0.1, 0.15) is 20.8 Å². The smallest absolute Gasteiger partial charge is 0.205 e. The first-order valence-electron chi connectivity index (χ1n) is 7.52. The van der Waals surface area contributed by atoms with Gasteiger partial charge in [-0.3, -0.25) is 10.2 Å². The van der Waals surface area contributed by atoms with Crippen LogP contribution in [0.5, 0.6) is 0 Å². The number of ketones is 1. The van der Waals surface area contributed by atoms with Crippen LogP contribution in [0.4, 0.5) is 20.2 Å². The number of rotatable bonds is 4. The molecule has 4 nitrogen and oxygen atoms in total. The van der Waals surface area contributed by atoms with E-state index < -0.39 is 17.0 Å². The minimum Gasteiger partial charge on any atom is -0.336 e. The molecule has 0 saturated heterocycles. The number of hydrogen-bond acceptors (Lipinski definition) is 3. The normalized spacial score (nSPS) is 12.0. The number of nitrogens with zero attached hydrogens (tertiary/aromatic N) is 1. The van der Waals surface area contributed by atoms with Crippen molar-refractivity contribution in [3.63, 3.8) is 0 Å². The van der Waals surface area contributed by atoms with Crippen molar-refractivity contribution in [2.24, 2.45) is 10.5 Å². The Morgan fingerprint density at radius 1 is 1.00 bits per heavy atom. The quantitative estimate of drug-likeness (QED) is 0.452. The molecule has 0 heterocycles. The molecule has 0 saturated carbocycles. The van der Waals surface area contributed by atoms with Crippen molar-refractivity contribution < 1.29 is 13.6 Å². The lowest BCUT2D eigenvalue weighted by atomic mass is 9.90. The van der Waals surface area contributed by atoms with Crippen molar-refractivity contribution in [1.82, 2.24) is 0 Å². The maximum Gasteiger partial charge on any atom is 0.205 e. The second-order valence-electron chi connectivity index (χ2n) is 6.44. The molecule has 25 heavy (non-hydrogen) atoms. The van der Waals surface area contributed by atoms with E-state index in [0.29, 0.717) is 10.7 Å². The molecule has 0 atom stereocenters. The number of benzene rings is 2. The molecule has 132 valence electrons. The lowest BCUT2D eigenvalue weighted by Crippen LogP contribution is -2.34. The summed E-state index contributed by atoms with van der Waals surface area (Å²) in [6, 6.07) is 9.62. The summed E-state index contributed by atoms with van der Waals surface area (Å²) in [5.41, 5.74) is 2.69. The van der Waals surface area contributed by atoms with Crippen LogP contribution in [-0.2, 0) is 4.79 Å². The molecule has 2 aromatic rings. The van der Waals surface area contributed by atoms with E-state index in [1.165, 1.54) is 0 Å². The van der Waals surface area contributed by atoms with Crippen LogP contribution in [0.15, 0.2) is 47.6 Å². The SMILES string of the molecule is CC(C)(C)C(=O)/C(=N/Nc1ccc(Cl)cc1)Nc1cc(F)cc(F)c1. The van der Waals surface area contributed by atoms with Gasteiger partial charge >= 0.3 is 0 Å². The molecule has 0 amide bonds. The van der Waals surface area contributed by atoms with Crippen LogP contribution in [0.25, 0.3) is 0 Å². The second kappa shape index (κ2) is 7.61. The van der Waals surface area contributed by atoms with Crippen molar-refractivity contribution in [2.75, 3.05) is 10.7 Å². The molecular formula is C18H18ClF2N3O. The van der Waals surface area contributed by atoms with Crippen LogP contribution in [-0.4, -0.2) is 11.6 Å². The fraction of sp³-hybridized carbons (Fsp3) is 0.222. The van der Waals surface area contributed by atoms with E-state index in [9.17, 15) is 13.6 Å². The average molecular weight is 366 g/mol. The van der Waals surface area contributed by atoms with Crippen LogP contribution in [0.3, 0.4) is 0 Å². The van der Waals surface area contributed by atoms with Gasteiger partial charge in [-0.05, 0) is 36.4 Å². The largest absolute Gasteiger partial charge is 0.336 e. The molecule has 0 spiro atoms. The van der Waals surface area contributed by atoms with Crippen LogP contribution in [0.2, 0.25) is 5.02 Å². The topological polar surface area (TPSA) is 53.5 Å². The predicted molar refractivity (Wildman–Crippen MR) is 97.0 cm³/mol. The number of anilines is 2. The van der Waals surface area contributed by atoms with Gasteiger partial charge in [-0.25, -0.2) is 8.78 Å². The van der Waals surface area contributed by atoms with Crippen LogP contribution >= 0.6 is 11.6 Å². The zero-order chi connectivity index (χ0) is 18.6. The Morgan fingerprint density at radius 2 is 1.56 bits per heavy atom. The molecule has 0 aliphatic rings. The van der Waals surface area contributed by atoms with E-state index in [0.717, 1.165) is 18.2 Å². The fourth-order valence-electron chi connectivity index (χ4n) is 1.90. The molecule has 0 bridgehead atoms. The van der Waals surface area contributed by atoms with Crippen molar-refractivity contribution in [3.8, 4) is 0 Å². The van der Waals surface area contributed by atoms with E-state index in [2.05, 4.69) is 15.8 Å². The zero-order valence-electron chi connectivity index (χ0n) is 14.0. The molecule has 0 fully saturated rings. The molecule has 0 radical (unpaired) electrons. The van der Waals surface area contributed by atoms with Crippen molar-refractivity contribution in [2.45, 2.75) is 20.8 Å². The molecule has 2 rings (SSSR count). The Bertz CT molecular complexity index is 779. The fourth-order valence-corrected chi connectivity index (χ4v) is 2.02. The Hall–Kier alpha value is -2.47. The molecule has 0 unspecified atom stereocenters. The minimum atomic E-state index is -0.754. The van der Waals surface area contributed by atoms with Crippen molar-refractivity contribution in [1.29, 1.82) is 0 Å². The minimum absolute atomic E-state index is 0.0625. The molecule has 0 aromatic heterocycles. The molecule has 0 aliphatic heterocycles. The highest BCUT2D eigenvalue weighted by molar-refractivity contribution is 6.44. The van der Waals surface area contributed by atoms with Gasteiger partial charge in [0.05, 0.1) is 5.69 Å². The number of carbonyl (C=O) groups is 1. The maximum absolute atomic E-state index is 13.4. The highest BCUT2D eigenvalue weighted by Gasteiger charge is 2.27. The van der Waals surface area contributed by atoms with Gasteiger partial charge in [-0.1, -0.05) is 32.4 Å². The monoisotopic (exact) mass is 365 g/mol. The summed E-state index contributed by atoms with van der Waals surface area (Å²) in [5, 5.41) is 7.31. The van der Waals surface area contributed by atoms with E-state index in [-0.39, 0.29) is 17.3 Å². The standard InChI is InChI=1S/C18H18ClF2N3O/c1-18(2,3)16(25)17(22-15-9-12(20)8-13(21)10-15)24-23-14-6-4-11(19)5-7-14/h4-10,23H,1-3H3,(H,22,24). The third-order valence-electron chi connectivity index (χ3n) is 3.16. The van der Waals surface area contributed by atoms with Crippen LogP contribution in [0, 0.1) is 17.0 Å². The van der Waals surface area contributed by atoms with E-state index >= 15 is 0 Å². The summed E-state index contributed by atoms with van der Waals surface area (Å²) >= 11 is 5.82. The second-order valence-corrected chi connectivity index (χ2v) is 6.88. The molecule has 7 heteroatoms. The number of hydrazone groups is 1. The zero-order valence-corrected chi connectivity index (χ0v) is 14.8. The molecular weight excluding hydrogens is 348 g/mol. The lowest BCUT2D eigenvalue weighted by molar-refractivity contribution is -0.119. The van der Waals surface area contributed by atoms with Gasteiger partial charge < -0.3 is 5.32 Å². The number of Topliss-reactive ketones (excluding diaryl/α,β-unsaturated/α-hetero) is 1. The summed E-state index contributed by atoms with van der Waals surface area (Å²) in [6.07, 6.45) is 0. The molecule has 0 aliphatic carbocycles. The Morgan fingerprint density at radius 3 is 2.08 bits per heavy atom. The van der Waals surface area contributed by atoms with Crippen molar-refractivity contribution in [3.05, 3.63) is 59.1 Å². The number of hydrogen-bond donors (Lipinski definition) is 2. The average Bonchev–Trinajstić information content (AvgIpc) is 2.50. The van der Waals surface area contributed by atoms with Gasteiger partial charge in [0.25, 0.3) is 0 Å². The number of amidine groups is 1. The van der Waals surface area contributed by atoms with E-state index in [1.54, 1.807) is 45.0 Å². The Kier molecular flexibility index (Phi) is 5.74. The Balaban J connectivity index is 2.30. The molecule has 2 aromatic carbocycles. The van der Waals surface area contributed by atoms with E-state index in [1.807, 2.05) is 0 Å². The van der Waals surface area contributed by atoms with Gasteiger partial charge in [0, 0.05) is 22.2 Å². The van der Waals surface area contributed by atoms with Crippen molar-refractivity contribution >= 4 is 34.6 Å². The third kappa shape index (κ3) is 5.53. The number of halogens is 3. The Labute approximate surface area is 149 Å². The third-order valence-corrected chi connectivity index (χ3v) is 3.41. The van der Waals surface area contributed by atoms with Gasteiger partial charge in [0.15, 0.2) is 5.84 Å². The first-order valence-corrected chi connectivity index (χ1v) is 7.90. The predicted octanol–water partition coefficient (Wildman–Crippen LogP) is 5.07. The highest BCUT2D eigenvalue weighted by atomic mass is 35.5. The highest BCUT2D eigenvalue weighted by Crippen LogP contribution is 2.19. The first-order chi connectivity index (χ1) is 11.6. The van der Waals surface area contributed by atoms with Gasteiger partial charge in [0.2, 0.25) is 5.78 Å². The molecule has 2 N–H and O–H groups in total. The summed E-state index contributed by atoms with van der Waals surface area (Å²) in [5.74, 6) is -1.89. The lowest BCUT2D eigenvalue weighted by Gasteiger charge is -2.19. The van der Waals surface area contributed by atoms with Gasteiger partial charge in [-0.15, -0.1) is 0 Å². The summed E-state index contributed by atoms with van der Waals surface area (Å²) in [6.45, 7) is 5.17. The van der Waals surface area contributed by atoms with Gasteiger partial charge in [0.1, 0.15) is 11.6 Å². The number of carbonyl (C=O) groups excluding carboxylic acids is 1. The number of nitrogens with one attached hydrogen (secondary N) is 2. The summed E-state index contributed by atoms with van der Waals surface area (Å²) in [7, 11) is 0. The van der Waals surface area contributed by atoms with E-state index in [4.69, 9.17) is 11.6 Å². The first kappa shape index (κ1) is 18.9. The van der Waals surface area contributed by atoms with Gasteiger partial charge in [-0.2, -0.15) is 5.10 Å². The summed E-state index contributed by atoms with van der Waals surface area (Å²) in [4.78, 5) is 12.6. The summed E-state index contributed by atoms with van der Waals surface area (Å²) < 4.78 is 26.7.